The number of phosphoric ester groups is 2. The van der Waals surface area contributed by atoms with Gasteiger partial charge in [0.2, 0.25) is 0 Å². The summed E-state index contributed by atoms with van der Waals surface area (Å²) >= 11 is 0. The van der Waals surface area contributed by atoms with Crippen LogP contribution < -0.4 is 14.7 Å². The Morgan fingerprint density at radius 3 is 1.25 bits per heavy atom. The maximum absolute atomic E-state index is 11.0. The maximum Gasteiger partial charge on any atom is 0.267 e. The normalized spacial score (nSPS) is 11.9. The molecule has 0 aromatic carbocycles. The first kappa shape index (κ1) is 44.6. The number of unbranched alkanes of at least 4 members (excludes halogenated alkanes) is 12. The zero-order valence-corrected chi connectivity index (χ0v) is 28.4. The Hall–Kier alpha value is 0.140. The minimum Gasteiger partial charge on any atom is -0.790 e. The quantitative estimate of drug-likeness (QED) is 0.0771. The first-order valence-electron chi connectivity index (χ1n) is 15.5. The molecule has 0 bridgehead atoms. The molecule has 0 aliphatic heterocycles. The van der Waals surface area contributed by atoms with E-state index in [1.165, 1.54) is 70.8 Å². The first-order chi connectivity index (χ1) is 18.8. The molecule has 0 aromatic heterocycles. The van der Waals surface area contributed by atoms with Crippen molar-refractivity contribution in [1.82, 2.24) is 0 Å². The lowest BCUT2D eigenvalue weighted by Crippen LogP contribution is -2.42. The molecule has 40 heavy (non-hydrogen) atoms. The van der Waals surface area contributed by atoms with E-state index >= 15 is 0 Å². The molecule has 0 saturated carbocycles. The standard InChI is InChI=1S/C16H36NO.C8H19O4P.C4H11O4P/c1-4-5-6-7-8-9-10-11-12-13-14-17(2,3)15-16-18;1-3-5-7-11-13(9,10)12-8-6-4-2;1-2-3-4-8-9(5,6)7/h18H,4-16H2,1-3H3;3-8H2,1-2H3,(H,9,10);2-4H2,1H3,(H2,5,6,7)/q+1;;/p-3. The Balaban J connectivity index is -0.000000546. The van der Waals surface area contributed by atoms with Crippen LogP contribution in [-0.4, -0.2) is 63.2 Å². The van der Waals surface area contributed by atoms with Gasteiger partial charge in [-0.05, 0) is 32.1 Å². The van der Waals surface area contributed by atoms with Crippen LogP contribution >= 0.6 is 15.6 Å². The molecule has 0 rings (SSSR count). The van der Waals surface area contributed by atoms with Crippen molar-refractivity contribution >= 4 is 15.6 Å². The highest BCUT2D eigenvalue weighted by Crippen LogP contribution is 2.38. The van der Waals surface area contributed by atoms with Crippen LogP contribution in [0, 0.1) is 0 Å². The van der Waals surface area contributed by atoms with Crippen LogP contribution in [-0.2, 0) is 22.7 Å². The van der Waals surface area contributed by atoms with E-state index in [1.54, 1.807) is 0 Å². The summed E-state index contributed by atoms with van der Waals surface area (Å²) in [6.45, 7) is 11.0. The Kier molecular flexibility index (Phi) is 34.1. The number of quaternary nitrogens is 1. The number of aliphatic hydroxyl groups excluding tert-OH is 1. The van der Waals surface area contributed by atoms with E-state index in [2.05, 4.69) is 34.6 Å². The number of rotatable bonds is 25. The van der Waals surface area contributed by atoms with E-state index in [0.29, 0.717) is 13.0 Å². The summed E-state index contributed by atoms with van der Waals surface area (Å²) in [6, 6.07) is 0. The molecule has 0 heterocycles. The molecule has 10 nitrogen and oxygen atoms in total. The molecule has 0 atom stereocenters. The molecule has 0 aliphatic carbocycles. The van der Waals surface area contributed by atoms with Gasteiger partial charge in [0.1, 0.15) is 6.54 Å². The fourth-order valence-corrected chi connectivity index (χ4v) is 4.54. The summed E-state index contributed by atoms with van der Waals surface area (Å²) in [4.78, 5) is 30.5. The summed E-state index contributed by atoms with van der Waals surface area (Å²) in [7, 11) is -4.27. The molecule has 0 aliphatic rings. The van der Waals surface area contributed by atoms with Crippen molar-refractivity contribution in [2.24, 2.45) is 0 Å². The van der Waals surface area contributed by atoms with Crippen LogP contribution in [0.1, 0.15) is 130 Å². The number of hydrogen-bond donors (Lipinski definition) is 1. The van der Waals surface area contributed by atoms with Crippen molar-refractivity contribution in [3.8, 4) is 0 Å². The summed E-state index contributed by atoms with van der Waals surface area (Å²) in [5, 5.41) is 8.95. The number of nitrogens with zero attached hydrogens (tertiary/aromatic N) is 1. The minimum absolute atomic E-state index is 0.0147. The van der Waals surface area contributed by atoms with Crippen molar-refractivity contribution in [2.75, 3.05) is 53.6 Å². The molecule has 0 fully saturated rings. The maximum atomic E-state index is 11.0. The summed E-state index contributed by atoms with van der Waals surface area (Å²) < 4.78 is 34.8. The van der Waals surface area contributed by atoms with Gasteiger partial charge in [0, 0.05) is 0 Å². The van der Waals surface area contributed by atoms with Gasteiger partial charge in [-0.3, -0.25) is 4.57 Å². The van der Waals surface area contributed by atoms with Crippen LogP contribution in [0.5, 0.6) is 0 Å². The molecule has 0 aromatic rings. The number of likely N-dealkylation sites (N-methyl/N-ethyl adjacent to an activating group) is 1. The van der Waals surface area contributed by atoms with E-state index in [1.807, 2.05) is 20.8 Å². The SMILES string of the molecule is CCCCCCCCCCCC[N+](C)(C)CCO.CCCCOP(=O)([O-])OCCCC.CCCCOP(=O)([O-])[O-]. The molecule has 0 unspecified atom stereocenters. The third-order valence-corrected chi connectivity index (χ3v) is 7.56. The number of aliphatic hydroxyl groups is 1. The lowest BCUT2D eigenvalue weighted by Gasteiger charge is -2.28. The Morgan fingerprint density at radius 1 is 0.550 bits per heavy atom. The highest BCUT2D eigenvalue weighted by Gasteiger charge is 2.12. The molecule has 1 N–H and O–H groups in total. The third kappa shape index (κ3) is 42.6. The van der Waals surface area contributed by atoms with Crippen LogP contribution in [0.15, 0.2) is 0 Å². The average Bonchev–Trinajstić information content (AvgIpc) is 2.85. The van der Waals surface area contributed by atoms with Crippen LogP contribution in [0.2, 0.25) is 0 Å². The van der Waals surface area contributed by atoms with Gasteiger partial charge >= 0.3 is 0 Å². The predicted molar refractivity (Wildman–Crippen MR) is 159 cm³/mol. The van der Waals surface area contributed by atoms with Crippen LogP contribution in [0.4, 0.5) is 0 Å². The topological polar surface area (TPSA) is 151 Å². The van der Waals surface area contributed by atoms with E-state index in [-0.39, 0.29) is 19.8 Å². The number of phosphoric acid groups is 2. The fourth-order valence-electron chi connectivity index (χ4n) is 3.41. The highest BCUT2D eigenvalue weighted by molar-refractivity contribution is 7.45. The van der Waals surface area contributed by atoms with Crippen molar-refractivity contribution in [2.45, 2.75) is 130 Å². The predicted octanol–water partition coefficient (Wildman–Crippen LogP) is 5.70. The summed E-state index contributed by atoms with van der Waals surface area (Å²) in [6.07, 6.45) is 18.7. The van der Waals surface area contributed by atoms with Gasteiger partial charge in [0.25, 0.3) is 7.82 Å². The molecule has 12 heteroatoms. The van der Waals surface area contributed by atoms with Crippen molar-refractivity contribution in [3.05, 3.63) is 0 Å². The third-order valence-electron chi connectivity index (χ3n) is 6.06. The highest BCUT2D eigenvalue weighted by atomic mass is 31.2. The number of hydrogen-bond acceptors (Lipinski definition) is 9. The monoisotopic (exact) mass is 619 g/mol. The van der Waals surface area contributed by atoms with E-state index in [4.69, 9.17) is 5.11 Å². The van der Waals surface area contributed by atoms with Gasteiger partial charge in [-0.15, -0.1) is 0 Å². The second-order valence-corrected chi connectivity index (χ2v) is 13.3. The van der Waals surface area contributed by atoms with Crippen molar-refractivity contribution in [3.63, 3.8) is 0 Å². The van der Waals surface area contributed by atoms with E-state index < -0.39 is 15.6 Å². The summed E-state index contributed by atoms with van der Waals surface area (Å²) in [5.41, 5.74) is 0. The van der Waals surface area contributed by atoms with Gasteiger partial charge in [0.05, 0.1) is 54.9 Å². The zero-order chi connectivity index (χ0) is 31.2. The van der Waals surface area contributed by atoms with Gasteiger partial charge in [-0.2, -0.15) is 0 Å². The minimum atomic E-state index is -4.70. The first-order valence-corrected chi connectivity index (χ1v) is 18.4. The summed E-state index contributed by atoms with van der Waals surface area (Å²) in [5.74, 6) is 0. The smallest absolute Gasteiger partial charge is 0.267 e. The largest absolute Gasteiger partial charge is 0.790 e. The van der Waals surface area contributed by atoms with Crippen molar-refractivity contribution in [1.29, 1.82) is 0 Å². The average molecular weight is 620 g/mol. The molecule has 0 spiro atoms. The Morgan fingerprint density at radius 2 is 0.900 bits per heavy atom. The Labute approximate surface area is 246 Å². The van der Waals surface area contributed by atoms with Crippen molar-refractivity contribution < 1.29 is 47.0 Å². The zero-order valence-electron chi connectivity index (χ0n) is 26.6. The molecular formula is C28H63NO9P2-2. The lowest BCUT2D eigenvalue weighted by atomic mass is 10.1. The lowest BCUT2D eigenvalue weighted by molar-refractivity contribution is -0.890. The second kappa shape index (κ2) is 30.6. The van der Waals surface area contributed by atoms with E-state index in [0.717, 1.165) is 43.1 Å². The molecule has 0 radical (unpaired) electrons. The van der Waals surface area contributed by atoms with E-state index in [9.17, 15) is 23.8 Å². The van der Waals surface area contributed by atoms with Gasteiger partial charge in [-0.25, -0.2) is 0 Å². The van der Waals surface area contributed by atoms with Gasteiger partial charge < -0.3 is 42.4 Å². The fraction of sp³-hybridized carbons (Fsp3) is 1.00. The molecule has 0 saturated heterocycles. The molecule has 0 amide bonds. The van der Waals surface area contributed by atoms with Gasteiger partial charge in [-0.1, -0.05) is 98.3 Å². The van der Waals surface area contributed by atoms with Gasteiger partial charge in [0.15, 0.2) is 0 Å². The molecule has 246 valence electrons. The second-order valence-electron chi connectivity index (χ2n) is 10.7. The van der Waals surface area contributed by atoms with Crippen LogP contribution in [0.3, 0.4) is 0 Å². The van der Waals surface area contributed by atoms with Crippen LogP contribution in [0.25, 0.3) is 0 Å². The Bertz CT molecular complexity index is 590. The molecular weight excluding hydrogens is 556 g/mol.